The molecular weight excluding hydrogens is 244 g/mol. The lowest BCUT2D eigenvalue weighted by Gasteiger charge is -2.09. The summed E-state index contributed by atoms with van der Waals surface area (Å²) in [5, 5.41) is 8.93. The summed E-state index contributed by atoms with van der Waals surface area (Å²) >= 11 is 4.51. The van der Waals surface area contributed by atoms with Gasteiger partial charge in [0.1, 0.15) is 0 Å². The largest absolute Gasteiger partial charge is 0.481 e. The van der Waals surface area contributed by atoms with Crippen molar-refractivity contribution in [1.82, 2.24) is 0 Å². The lowest BCUT2D eigenvalue weighted by molar-refractivity contribution is -0.137. The van der Waals surface area contributed by atoms with E-state index in [1.54, 1.807) is 0 Å². The van der Waals surface area contributed by atoms with Crippen molar-refractivity contribution in [3.63, 3.8) is 0 Å². The third-order valence-corrected chi connectivity index (χ3v) is 3.84. The number of carboxylic acids is 1. The summed E-state index contributed by atoms with van der Waals surface area (Å²) in [6.45, 7) is 2.25. The molecule has 0 fully saturated rings. The van der Waals surface area contributed by atoms with E-state index in [9.17, 15) is 4.79 Å². The van der Waals surface area contributed by atoms with E-state index < -0.39 is 5.97 Å². The van der Waals surface area contributed by atoms with Gasteiger partial charge in [-0.05, 0) is 19.3 Å². The van der Waals surface area contributed by atoms with Crippen LogP contribution >= 0.6 is 12.6 Å². The first-order valence-electron chi connectivity index (χ1n) is 7.56. The summed E-state index contributed by atoms with van der Waals surface area (Å²) in [6, 6.07) is 0. The maximum atomic E-state index is 10.4. The average molecular weight is 274 g/mol. The van der Waals surface area contributed by atoms with E-state index >= 15 is 0 Å². The molecule has 0 rings (SSSR count). The zero-order valence-electron chi connectivity index (χ0n) is 11.9. The monoisotopic (exact) mass is 274 g/mol. The molecule has 0 spiro atoms. The third kappa shape index (κ3) is 13.9. The van der Waals surface area contributed by atoms with Gasteiger partial charge >= 0.3 is 5.97 Å². The Hall–Kier alpha value is -0.180. The fourth-order valence-corrected chi connectivity index (χ4v) is 2.51. The van der Waals surface area contributed by atoms with E-state index in [1.807, 2.05) is 0 Å². The topological polar surface area (TPSA) is 37.3 Å². The smallest absolute Gasteiger partial charge is 0.303 e. The zero-order valence-corrected chi connectivity index (χ0v) is 12.8. The normalized spacial score (nSPS) is 12.6. The van der Waals surface area contributed by atoms with Crippen LogP contribution in [0.2, 0.25) is 0 Å². The van der Waals surface area contributed by atoms with Gasteiger partial charge in [0.15, 0.2) is 0 Å². The van der Waals surface area contributed by atoms with Crippen LogP contribution in [-0.2, 0) is 4.79 Å². The van der Waals surface area contributed by atoms with Gasteiger partial charge in [-0.2, -0.15) is 12.6 Å². The molecule has 0 aliphatic rings. The average Bonchev–Trinajstić information content (AvgIpc) is 2.32. The van der Waals surface area contributed by atoms with Gasteiger partial charge in [0, 0.05) is 11.7 Å². The molecule has 1 N–H and O–H groups in total. The molecule has 0 aromatic carbocycles. The molecule has 0 aromatic heterocycles. The van der Waals surface area contributed by atoms with Crippen LogP contribution in [-0.4, -0.2) is 16.3 Å². The molecule has 0 radical (unpaired) electrons. The highest BCUT2D eigenvalue weighted by Gasteiger charge is 2.04. The fraction of sp³-hybridized carbons (Fsp3) is 0.933. The van der Waals surface area contributed by atoms with Crippen LogP contribution in [0.4, 0.5) is 0 Å². The molecule has 0 aliphatic carbocycles. The number of thiol groups is 1. The molecule has 0 saturated carbocycles. The quantitative estimate of drug-likeness (QED) is 0.363. The van der Waals surface area contributed by atoms with Gasteiger partial charge in [-0.1, -0.05) is 58.3 Å². The van der Waals surface area contributed by atoms with E-state index in [0.29, 0.717) is 5.25 Å². The summed E-state index contributed by atoms with van der Waals surface area (Å²) in [7, 11) is 0. The van der Waals surface area contributed by atoms with Crippen molar-refractivity contribution in [3.05, 3.63) is 0 Å². The second kappa shape index (κ2) is 13.3. The Morgan fingerprint density at radius 1 is 0.944 bits per heavy atom. The van der Waals surface area contributed by atoms with Crippen LogP contribution < -0.4 is 0 Å². The van der Waals surface area contributed by atoms with Gasteiger partial charge in [0.25, 0.3) is 0 Å². The standard InChI is InChI=1S/C15H30O2S/c1-2-3-4-5-6-7-8-9-11-14(18)12-10-13-15(16)17/h14,18H,2-13H2,1H3,(H,16,17). The lowest BCUT2D eigenvalue weighted by atomic mass is 10.0. The number of unbranched alkanes of at least 4 members (excludes halogenated alkanes) is 7. The van der Waals surface area contributed by atoms with E-state index in [2.05, 4.69) is 19.6 Å². The van der Waals surface area contributed by atoms with E-state index in [-0.39, 0.29) is 6.42 Å². The molecular formula is C15H30O2S. The van der Waals surface area contributed by atoms with Crippen molar-refractivity contribution < 1.29 is 9.90 Å². The Morgan fingerprint density at radius 2 is 1.44 bits per heavy atom. The van der Waals surface area contributed by atoms with Gasteiger partial charge in [0.05, 0.1) is 0 Å². The van der Waals surface area contributed by atoms with Gasteiger partial charge in [-0.15, -0.1) is 0 Å². The first kappa shape index (κ1) is 17.8. The van der Waals surface area contributed by atoms with Crippen molar-refractivity contribution in [3.8, 4) is 0 Å². The van der Waals surface area contributed by atoms with Crippen LogP contribution in [0.25, 0.3) is 0 Å². The number of hydrogen-bond donors (Lipinski definition) is 2. The molecule has 3 heteroatoms. The summed E-state index contributed by atoms with van der Waals surface area (Å²) in [4.78, 5) is 10.4. The van der Waals surface area contributed by atoms with Crippen molar-refractivity contribution in [2.24, 2.45) is 0 Å². The number of hydrogen-bond acceptors (Lipinski definition) is 2. The third-order valence-electron chi connectivity index (χ3n) is 3.32. The predicted octanol–water partition coefficient (Wildman–Crippen LogP) is 5.07. The molecule has 0 heterocycles. The first-order valence-corrected chi connectivity index (χ1v) is 8.08. The predicted molar refractivity (Wildman–Crippen MR) is 81.5 cm³/mol. The number of carboxylic acid groups (broad SMARTS) is 1. The van der Waals surface area contributed by atoms with Crippen molar-refractivity contribution in [1.29, 1.82) is 0 Å². The SMILES string of the molecule is CCCCCCCCCCC(S)CCCC(=O)O. The minimum absolute atomic E-state index is 0.286. The number of carbonyl (C=O) groups is 1. The Bertz CT molecular complexity index is 195. The molecule has 1 unspecified atom stereocenters. The summed E-state index contributed by atoms with van der Waals surface area (Å²) in [5.74, 6) is -0.692. The molecule has 18 heavy (non-hydrogen) atoms. The van der Waals surface area contributed by atoms with Crippen LogP contribution in [0.1, 0.15) is 84.0 Å². The maximum absolute atomic E-state index is 10.4. The Balaban J connectivity index is 3.15. The molecule has 0 aliphatic heterocycles. The summed E-state index contributed by atoms with van der Waals surface area (Å²) in [6.07, 6.45) is 13.9. The second-order valence-corrected chi connectivity index (χ2v) is 5.93. The molecule has 0 amide bonds. The zero-order chi connectivity index (χ0) is 13.6. The highest BCUT2D eigenvalue weighted by Crippen LogP contribution is 2.16. The van der Waals surface area contributed by atoms with Gasteiger partial charge in [0.2, 0.25) is 0 Å². The molecule has 0 aromatic rings. The van der Waals surface area contributed by atoms with Crippen LogP contribution in [0.3, 0.4) is 0 Å². The molecule has 108 valence electrons. The van der Waals surface area contributed by atoms with Crippen molar-refractivity contribution in [2.75, 3.05) is 0 Å². The molecule has 2 nitrogen and oxygen atoms in total. The Labute approximate surface area is 118 Å². The van der Waals surface area contributed by atoms with Crippen LogP contribution in [0.5, 0.6) is 0 Å². The summed E-state index contributed by atoms with van der Waals surface area (Å²) < 4.78 is 0. The lowest BCUT2D eigenvalue weighted by Crippen LogP contribution is -2.01. The summed E-state index contributed by atoms with van der Waals surface area (Å²) in [5.41, 5.74) is 0. The van der Waals surface area contributed by atoms with E-state index in [4.69, 9.17) is 5.11 Å². The maximum Gasteiger partial charge on any atom is 0.303 e. The number of rotatable bonds is 13. The van der Waals surface area contributed by atoms with E-state index in [1.165, 1.54) is 51.4 Å². The minimum atomic E-state index is -0.692. The van der Waals surface area contributed by atoms with E-state index in [0.717, 1.165) is 19.3 Å². The minimum Gasteiger partial charge on any atom is -0.481 e. The second-order valence-electron chi connectivity index (χ2n) is 5.20. The molecule has 0 bridgehead atoms. The first-order chi connectivity index (χ1) is 8.66. The van der Waals surface area contributed by atoms with Gasteiger partial charge in [-0.25, -0.2) is 0 Å². The molecule has 1 atom stereocenters. The number of aliphatic carboxylic acids is 1. The van der Waals surface area contributed by atoms with Gasteiger partial charge in [-0.3, -0.25) is 4.79 Å². The van der Waals surface area contributed by atoms with Crippen LogP contribution in [0, 0.1) is 0 Å². The van der Waals surface area contributed by atoms with Crippen LogP contribution in [0.15, 0.2) is 0 Å². The highest BCUT2D eigenvalue weighted by atomic mass is 32.1. The Morgan fingerprint density at radius 3 is 2.00 bits per heavy atom. The van der Waals surface area contributed by atoms with Gasteiger partial charge < -0.3 is 5.11 Å². The molecule has 0 saturated heterocycles. The highest BCUT2D eigenvalue weighted by molar-refractivity contribution is 7.80. The Kier molecular flexibility index (Phi) is 13.1. The fourth-order valence-electron chi connectivity index (χ4n) is 2.15. The van der Waals surface area contributed by atoms with Crippen molar-refractivity contribution >= 4 is 18.6 Å². The van der Waals surface area contributed by atoms with Crippen molar-refractivity contribution in [2.45, 2.75) is 89.2 Å².